The standard InChI is InChI=1S/C19H18Cl2N4OS/c20-14-3-1-2-12(15(14)21)13-10-22-18(17-16(13)23-27-24-17)25-7-4-19(5-8-25)6-9-26-11-19/h1-3,10H,4-9,11H2. The van der Waals surface area contributed by atoms with Crippen molar-refractivity contribution < 1.29 is 4.74 Å². The minimum absolute atomic E-state index is 0.365. The molecule has 2 saturated heterocycles. The molecule has 4 heterocycles. The van der Waals surface area contributed by atoms with E-state index in [0.29, 0.717) is 15.5 Å². The molecule has 0 atom stereocenters. The molecule has 0 radical (unpaired) electrons. The van der Waals surface area contributed by atoms with Crippen LogP contribution in [-0.4, -0.2) is 40.0 Å². The Morgan fingerprint density at radius 1 is 1.04 bits per heavy atom. The molecule has 140 valence electrons. The largest absolute Gasteiger partial charge is 0.381 e. The van der Waals surface area contributed by atoms with Crippen LogP contribution < -0.4 is 4.90 Å². The molecule has 8 heteroatoms. The van der Waals surface area contributed by atoms with E-state index in [1.165, 1.54) is 18.1 Å². The molecule has 0 saturated carbocycles. The summed E-state index contributed by atoms with van der Waals surface area (Å²) in [5.74, 6) is 0.911. The van der Waals surface area contributed by atoms with Gasteiger partial charge in [0.1, 0.15) is 11.0 Å². The quantitative estimate of drug-likeness (QED) is 0.579. The van der Waals surface area contributed by atoms with E-state index in [4.69, 9.17) is 32.9 Å². The Morgan fingerprint density at radius 2 is 1.85 bits per heavy atom. The lowest BCUT2D eigenvalue weighted by Gasteiger charge is -2.38. The highest BCUT2D eigenvalue weighted by atomic mass is 35.5. The SMILES string of the molecule is Clc1cccc(-c2cnc(N3CCC4(CCOC4)CC3)c3nsnc23)c1Cl. The van der Waals surface area contributed by atoms with Crippen molar-refractivity contribution in [2.45, 2.75) is 19.3 Å². The summed E-state index contributed by atoms with van der Waals surface area (Å²) >= 11 is 13.8. The number of pyridine rings is 1. The Balaban J connectivity index is 1.51. The van der Waals surface area contributed by atoms with Gasteiger partial charge in [0, 0.05) is 37.0 Å². The van der Waals surface area contributed by atoms with Crippen molar-refractivity contribution in [3.63, 3.8) is 0 Å². The van der Waals surface area contributed by atoms with Crippen molar-refractivity contribution in [2.75, 3.05) is 31.2 Å². The first-order chi connectivity index (χ1) is 13.2. The number of anilines is 1. The molecule has 0 aliphatic carbocycles. The van der Waals surface area contributed by atoms with Crippen molar-refractivity contribution in [3.8, 4) is 11.1 Å². The number of aromatic nitrogens is 3. The molecule has 1 spiro atoms. The van der Waals surface area contributed by atoms with Crippen LogP contribution >= 0.6 is 34.9 Å². The zero-order valence-electron chi connectivity index (χ0n) is 14.6. The van der Waals surface area contributed by atoms with E-state index in [-0.39, 0.29) is 0 Å². The van der Waals surface area contributed by atoms with E-state index in [0.717, 1.165) is 67.1 Å². The third-order valence-electron chi connectivity index (χ3n) is 5.82. The van der Waals surface area contributed by atoms with Gasteiger partial charge in [-0.05, 0) is 30.7 Å². The molecule has 27 heavy (non-hydrogen) atoms. The van der Waals surface area contributed by atoms with Gasteiger partial charge in [0.15, 0.2) is 5.82 Å². The van der Waals surface area contributed by atoms with Crippen LogP contribution in [0.3, 0.4) is 0 Å². The summed E-state index contributed by atoms with van der Waals surface area (Å²) in [6.45, 7) is 3.74. The maximum absolute atomic E-state index is 6.43. The zero-order valence-corrected chi connectivity index (χ0v) is 16.9. The number of ether oxygens (including phenoxy) is 1. The maximum atomic E-state index is 6.43. The number of hydrogen-bond donors (Lipinski definition) is 0. The molecule has 2 aliphatic heterocycles. The first kappa shape index (κ1) is 17.6. The van der Waals surface area contributed by atoms with E-state index >= 15 is 0 Å². The molecule has 5 rings (SSSR count). The Labute approximate surface area is 171 Å². The zero-order chi connectivity index (χ0) is 18.4. The maximum Gasteiger partial charge on any atom is 0.157 e. The summed E-state index contributed by atoms with van der Waals surface area (Å²) in [7, 11) is 0. The highest BCUT2D eigenvalue weighted by Gasteiger charge is 2.38. The molecule has 0 amide bonds. The summed E-state index contributed by atoms with van der Waals surface area (Å²) in [5.41, 5.74) is 3.74. The van der Waals surface area contributed by atoms with Gasteiger partial charge in [-0.25, -0.2) is 4.98 Å². The molecule has 3 aromatic rings. The lowest BCUT2D eigenvalue weighted by Crippen LogP contribution is -2.41. The van der Waals surface area contributed by atoms with E-state index in [1.54, 1.807) is 6.07 Å². The number of halogens is 2. The van der Waals surface area contributed by atoms with Crippen molar-refractivity contribution >= 4 is 51.8 Å². The van der Waals surface area contributed by atoms with Crippen molar-refractivity contribution in [1.82, 2.24) is 13.7 Å². The molecule has 5 nitrogen and oxygen atoms in total. The lowest BCUT2D eigenvalue weighted by atomic mass is 9.78. The van der Waals surface area contributed by atoms with Gasteiger partial charge in [0.25, 0.3) is 0 Å². The molecule has 0 unspecified atom stereocenters. The van der Waals surface area contributed by atoms with Gasteiger partial charge in [0.05, 0.1) is 28.4 Å². The molecule has 2 aliphatic rings. The third-order valence-corrected chi connectivity index (χ3v) is 7.17. The summed E-state index contributed by atoms with van der Waals surface area (Å²) in [4.78, 5) is 7.09. The monoisotopic (exact) mass is 420 g/mol. The Morgan fingerprint density at radius 3 is 2.63 bits per heavy atom. The number of piperidine rings is 1. The normalized spacial score (nSPS) is 19.3. The minimum atomic E-state index is 0.365. The van der Waals surface area contributed by atoms with Crippen molar-refractivity contribution in [3.05, 3.63) is 34.4 Å². The first-order valence-electron chi connectivity index (χ1n) is 9.05. The van der Waals surface area contributed by atoms with E-state index < -0.39 is 0 Å². The van der Waals surface area contributed by atoms with Gasteiger partial charge in [-0.1, -0.05) is 35.3 Å². The molecular formula is C19H18Cl2N4OS. The summed E-state index contributed by atoms with van der Waals surface area (Å²) in [6.07, 6.45) is 5.29. The van der Waals surface area contributed by atoms with E-state index in [1.807, 2.05) is 18.3 Å². The van der Waals surface area contributed by atoms with Crippen LogP contribution in [0.25, 0.3) is 22.2 Å². The molecule has 2 fully saturated rings. The first-order valence-corrected chi connectivity index (χ1v) is 10.5. The second kappa shape index (κ2) is 6.85. The Hall–Kier alpha value is -1.47. The van der Waals surface area contributed by atoms with Gasteiger partial charge >= 0.3 is 0 Å². The molecular weight excluding hydrogens is 403 g/mol. The number of hydrogen-bond acceptors (Lipinski definition) is 6. The van der Waals surface area contributed by atoms with Gasteiger partial charge in [0.2, 0.25) is 0 Å². The fraction of sp³-hybridized carbons (Fsp3) is 0.421. The van der Waals surface area contributed by atoms with Crippen molar-refractivity contribution in [1.29, 1.82) is 0 Å². The van der Waals surface area contributed by atoms with Gasteiger partial charge in [-0.2, -0.15) is 8.75 Å². The van der Waals surface area contributed by atoms with Gasteiger partial charge in [-0.3, -0.25) is 0 Å². The highest BCUT2D eigenvalue weighted by molar-refractivity contribution is 7.00. The van der Waals surface area contributed by atoms with Gasteiger partial charge in [-0.15, -0.1) is 0 Å². The second-order valence-electron chi connectivity index (χ2n) is 7.35. The number of rotatable bonds is 2. The van der Waals surface area contributed by atoms with E-state index in [2.05, 4.69) is 13.6 Å². The Bertz CT molecular complexity index is 993. The Kier molecular flexibility index (Phi) is 4.47. The topological polar surface area (TPSA) is 51.1 Å². The van der Waals surface area contributed by atoms with Crippen LogP contribution in [0.1, 0.15) is 19.3 Å². The van der Waals surface area contributed by atoms with Crippen LogP contribution in [-0.2, 0) is 4.74 Å². The average Bonchev–Trinajstić information content (AvgIpc) is 3.34. The molecule has 0 N–H and O–H groups in total. The molecule has 1 aromatic carbocycles. The van der Waals surface area contributed by atoms with Crippen LogP contribution in [0.4, 0.5) is 5.82 Å². The van der Waals surface area contributed by atoms with Crippen LogP contribution in [0, 0.1) is 5.41 Å². The fourth-order valence-corrected chi connectivity index (χ4v) is 5.10. The van der Waals surface area contributed by atoms with Crippen LogP contribution in [0.2, 0.25) is 10.0 Å². The smallest absolute Gasteiger partial charge is 0.157 e. The second-order valence-corrected chi connectivity index (χ2v) is 8.66. The summed E-state index contributed by atoms with van der Waals surface area (Å²) in [6, 6.07) is 5.60. The van der Waals surface area contributed by atoms with Crippen LogP contribution in [0.15, 0.2) is 24.4 Å². The van der Waals surface area contributed by atoms with E-state index in [9.17, 15) is 0 Å². The predicted octanol–water partition coefficient (Wildman–Crippen LogP) is 5.07. The van der Waals surface area contributed by atoms with Gasteiger partial charge < -0.3 is 9.64 Å². The minimum Gasteiger partial charge on any atom is -0.381 e. The van der Waals surface area contributed by atoms with Crippen LogP contribution in [0.5, 0.6) is 0 Å². The summed E-state index contributed by atoms with van der Waals surface area (Å²) < 4.78 is 14.7. The number of nitrogens with zero attached hydrogens (tertiary/aromatic N) is 4. The molecule has 2 aromatic heterocycles. The summed E-state index contributed by atoms with van der Waals surface area (Å²) in [5, 5.41) is 1.04. The van der Waals surface area contributed by atoms with Crippen molar-refractivity contribution in [2.24, 2.45) is 5.41 Å². The average molecular weight is 421 g/mol. The number of benzene rings is 1. The fourth-order valence-electron chi connectivity index (χ4n) is 4.14. The lowest BCUT2D eigenvalue weighted by molar-refractivity contribution is 0.133. The third kappa shape index (κ3) is 2.99. The molecule has 0 bridgehead atoms. The predicted molar refractivity (Wildman–Crippen MR) is 110 cm³/mol. The number of fused-ring (bicyclic) bond motifs is 1. The highest BCUT2D eigenvalue weighted by Crippen LogP contribution is 2.42.